The molecule has 3 heterocycles. The number of pyridine rings is 2. The summed E-state index contributed by atoms with van der Waals surface area (Å²) in [6.07, 6.45) is 4.72. The molecular weight excluding hydrogens is 393 g/mol. The van der Waals surface area contributed by atoms with Crippen LogP contribution in [0.15, 0.2) is 30.5 Å². The van der Waals surface area contributed by atoms with E-state index < -0.39 is 5.95 Å². The van der Waals surface area contributed by atoms with Crippen molar-refractivity contribution in [2.45, 2.75) is 52.4 Å². The van der Waals surface area contributed by atoms with Gasteiger partial charge < -0.3 is 10.1 Å². The number of rotatable bonds is 6. The molecule has 1 aliphatic carbocycles. The number of hydrogen-bond acceptors (Lipinski definition) is 5. The number of methoxy groups -OCH3 is 1. The van der Waals surface area contributed by atoms with Crippen molar-refractivity contribution in [3.8, 4) is 17.0 Å². The van der Waals surface area contributed by atoms with Gasteiger partial charge in [-0.05, 0) is 36.8 Å². The van der Waals surface area contributed by atoms with Crippen LogP contribution in [0.5, 0.6) is 5.75 Å². The van der Waals surface area contributed by atoms with Gasteiger partial charge in [-0.3, -0.25) is 10.1 Å². The van der Waals surface area contributed by atoms with Crippen LogP contribution in [0.25, 0.3) is 11.3 Å². The third kappa shape index (κ3) is 4.55. The minimum absolute atomic E-state index is 0.257. The summed E-state index contributed by atoms with van der Waals surface area (Å²) in [7, 11) is 1.64. The van der Waals surface area contributed by atoms with Crippen molar-refractivity contribution in [3.63, 3.8) is 0 Å². The molecule has 0 spiro atoms. The van der Waals surface area contributed by atoms with E-state index in [9.17, 15) is 4.39 Å². The molecular formula is C24H30FN5O. The molecule has 6 nitrogen and oxygen atoms in total. The third-order valence-electron chi connectivity index (χ3n) is 6.10. The second-order valence-corrected chi connectivity index (χ2v) is 9.75. The summed E-state index contributed by atoms with van der Waals surface area (Å²) < 4.78 is 19.7. The van der Waals surface area contributed by atoms with Crippen LogP contribution in [0.3, 0.4) is 0 Å². The Labute approximate surface area is 182 Å². The molecule has 3 aromatic rings. The van der Waals surface area contributed by atoms with Crippen molar-refractivity contribution in [1.82, 2.24) is 20.2 Å². The van der Waals surface area contributed by atoms with E-state index in [-0.39, 0.29) is 10.8 Å². The number of fused-ring (bicyclic) bond motifs is 1. The predicted molar refractivity (Wildman–Crippen MR) is 120 cm³/mol. The molecule has 0 unspecified atom stereocenters. The average molecular weight is 424 g/mol. The summed E-state index contributed by atoms with van der Waals surface area (Å²) in [6.45, 7) is 9.23. The maximum absolute atomic E-state index is 14.4. The molecule has 0 aromatic carbocycles. The van der Waals surface area contributed by atoms with Gasteiger partial charge in [0.1, 0.15) is 11.6 Å². The largest absolute Gasteiger partial charge is 0.497 e. The Morgan fingerprint density at radius 3 is 2.84 bits per heavy atom. The minimum Gasteiger partial charge on any atom is -0.497 e. The van der Waals surface area contributed by atoms with E-state index in [1.807, 2.05) is 18.2 Å². The Balaban J connectivity index is 1.56. The summed E-state index contributed by atoms with van der Waals surface area (Å²) in [4.78, 5) is 8.53. The zero-order chi connectivity index (χ0) is 22.2. The lowest BCUT2D eigenvalue weighted by Crippen LogP contribution is -2.29. The van der Waals surface area contributed by atoms with Gasteiger partial charge >= 0.3 is 0 Å². The fourth-order valence-electron chi connectivity index (χ4n) is 4.12. The molecule has 0 aliphatic heterocycles. The van der Waals surface area contributed by atoms with E-state index in [1.54, 1.807) is 13.3 Å². The first-order valence-corrected chi connectivity index (χ1v) is 10.7. The van der Waals surface area contributed by atoms with Crippen LogP contribution in [0.1, 0.15) is 51.1 Å². The van der Waals surface area contributed by atoms with E-state index in [2.05, 4.69) is 53.2 Å². The summed E-state index contributed by atoms with van der Waals surface area (Å²) in [6, 6.07) is 7.06. The molecule has 3 aromatic heterocycles. The van der Waals surface area contributed by atoms with Crippen molar-refractivity contribution in [1.29, 1.82) is 0 Å². The maximum atomic E-state index is 14.4. The summed E-state index contributed by atoms with van der Waals surface area (Å²) >= 11 is 0. The van der Waals surface area contributed by atoms with Crippen LogP contribution in [-0.2, 0) is 18.3 Å². The topological polar surface area (TPSA) is 75.7 Å². The molecule has 0 saturated carbocycles. The Kier molecular flexibility index (Phi) is 5.45. The predicted octanol–water partition coefficient (Wildman–Crippen LogP) is 4.92. The number of hydrogen-bond donors (Lipinski definition) is 2. The number of ether oxygens (including phenoxy) is 1. The molecule has 0 saturated heterocycles. The van der Waals surface area contributed by atoms with Crippen molar-refractivity contribution in [2.24, 2.45) is 5.41 Å². The van der Waals surface area contributed by atoms with Crippen LogP contribution < -0.4 is 10.1 Å². The molecule has 0 bridgehead atoms. The van der Waals surface area contributed by atoms with Gasteiger partial charge in [-0.2, -0.15) is 9.49 Å². The van der Waals surface area contributed by atoms with Gasteiger partial charge in [0.25, 0.3) is 0 Å². The Morgan fingerprint density at radius 1 is 1.26 bits per heavy atom. The van der Waals surface area contributed by atoms with Crippen molar-refractivity contribution in [2.75, 3.05) is 19.0 Å². The Morgan fingerprint density at radius 2 is 2.06 bits per heavy atom. The highest BCUT2D eigenvalue weighted by atomic mass is 19.1. The van der Waals surface area contributed by atoms with Crippen LogP contribution in [-0.4, -0.2) is 33.8 Å². The lowest BCUT2D eigenvalue weighted by molar-refractivity contribution is 0.312. The monoisotopic (exact) mass is 423 g/mol. The number of nitrogens with zero attached hydrogens (tertiary/aromatic N) is 3. The number of anilines is 1. The third-order valence-corrected chi connectivity index (χ3v) is 6.10. The number of nitrogens with one attached hydrogen (secondary N) is 2. The molecule has 2 N–H and O–H groups in total. The highest BCUT2D eigenvalue weighted by Gasteiger charge is 2.29. The highest BCUT2D eigenvalue weighted by Crippen LogP contribution is 2.38. The second-order valence-electron chi connectivity index (χ2n) is 9.75. The standard InChI is InChI=1S/C24H30FN5O/c1-23(2)8-6-17-18(13-23)29-30-22(17)15-10-20(25)28-21(11-15)27-14-24(3,4)19-12-16(31-5)7-9-26-19/h7,9-12H,6,8,13-14H2,1-5H3,(H,27,28)(H,29,30). The zero-order valence-corrected chi connectivity index (χ0v) is 18.8. The molecule has 0 amide bonds. The first kappa shape index (κ1) is 21.3. The molecule has 31 heavy (non-hydrogen) atoms. The van der Waals surface area contributed by atoms with Crippen molar-refractivity contribution >= 4 is 5.82 Å². The lowest BCUT2D eigenvalue weighted by atomic mass is 9.76. The van der Waals surface area contributed by atoms with E-state index >= 15 is 0 Å². The lowest BCUT2D eigenvalue weighted by Gasteiger charge is -2.29. The van der Waals surface area contributed by atoms with Crippen molar-refractivity contribution in [3.05, 3.63) is 53.4 Å². The zero-order valence-electron chi connectivity index (χ0n) is 18.8. The molecule has 164 valence electrons. The number of halogens is 1. The summed E-state index contributed by atoms with van der Waals surface area (Å²) in [5, 5.41) is 11.0. The van der Waals surface area contributed by atoms with Gasteiger partial charge in [0.15, 0.2) is 0 Å². The van der Waals surface area contributed by atoms with Gasteiger partial charge in [0.2, 0.25) is 5.95 Å². The fraction of sp³-hybridized carbons (Fsp3) is 0.458. The fourth-order valence-corrected chi connectivity index (χ4v) is 4.12. The van der Waals surface area contributed by atoms with Crippen LogP contribution in [0.4, 0.5) is 10.2 Å². The smallest absolute Gasteiger partial charge is 0.215 e. The van der Waals surface area contributed by atoms with E-state index in [4.69, 9.17) is 4.74 Å². The molecule has 4 rings (SSSR count). The Hall–Kier alpha value is -2.96. The van der Waals surface area contributed by atoms with E-state index in [1.165, 1.54) is 11.6 Å². The van der Waals surface area contributed by atoms with Gasteiger partial charge in [0.05, 0.1) is 18.5 Å². The quantitative estimate of drug-likeness (QED) is 0.551. The number of aromatic amines is 1. The van der Waals surface area contributed by atoms with E-state index in [0.29, 0.717) is 12.4 Å². The van der Waals surface area contributed by atoms with Crippen molar-refractivity contribution < 1.29 is 9.13 Å². The molecule has 1 aliphatic rings. The van der Waals surface area contributed by atoms with Gasteiger partial charge in [0, 0.05) is 47.1 Å². The van der Waals surface area contributed by atoms with E-state index in [0.717, 1.165) is 47.7 Å². The second kappa shape index (κ2) is 7.94. The number of H-pyrrole nitrogens is 1. The first-order chi connectivity index (χ1) is 14.7. The molecule has 7 heteroatoms. The normalized spacial score (nSPS) is 15.4. The summed E-state index contributed by atoms with van der Waals surface area (Å²) in [5.74, 6) is 0.722. The maximum Gasteiger partial charge on any atom is 0.215 e. The summed E-state index contributed by atoms with van der Waals surface area (Å²) in [5.41, 5.74) is 4.75. The number of aromatic nitrogens is 4. The first-order valence-electron chi connectivity index (χ1n) is 10.7. The molecule has 0 radical (unpaired) electrons. The minimum atomic E-state index is -0.523. The van der Waals surface area contributed by atoms with Crippen LogP contribution in [0, 0.1) is 11.4 Å². The van der Waals surface area contributed by atoms with Crippen LogP contribution >= 0.6 is 0 Å². The highest BCUT2D eigenvalue weighted by molar-refractivity contribution is 5.67. The molecule has 0 atom stereocenters. The SMILES string of the molecule is COc1ccnc(C(C)(C)CNc2cc(-c3n[nH]c4c3CCC(C)(C)C4)cc(F)n2)c1. The van der Waals surface area contributed by atoms with Crippen LogP contribution in [0.2, 0.25) is 0 Å². The average Bonchev–Trinajstić information content (AvgIpc) is 3.14. The van der Waals surface area contributed by atoms with Gasteiger partial charge in [-0.1, -0.05) is 27.7 Å². The van der Waals surface area contributed by atoms with Gasteiger partial charge in [-0.25, -0.2) is 4.98 Å². The molecule has 0 fully saturated rings. The Bertz CT molecular complexity index is 1090. The van der Waals surface area contributed by atoms with Gasteiger partial charge in [-0.15, -0.1) is 0 Å².